The van der Waals surface area contributed by atoms with Gasteiger partial charge in [0.1, 0.15) is 0 Å². The van der Waals surface area contributed by atoms with Crippen LogP contribution in [-0.4, -0.2) is 12.6 Å². The summed E-state index contributed by atoms with van der Waals surface area (Å²) in [5.74, 6) is 5.75. The van der Waals surface area contributed by atoms with E-state index in [0.717, 1.165) is 37.1 Å². The van der Waals surface area contributed by atoms with E-state index in [1.165, 1.54) is 25.7 Å². The zero-order chi connectivity index (χ0) is 10.7. The van der Waals surface area contributed by atoms with E-state index in [2.05, 4.69) is 18.2 Å². The molecule has 2 aliphatic carbocycles. The van der Waals surface area contributed by atoms with Crippen LogP contribution in [0.1, 0.15) is 45.4 Å². The standard InChI is InChI=1S/C14H23N/c1-3-4-5-8-15-11(2)14-10-12-6-7-13(14)9-12/h1,11-15H,4-10H2,2H3. The summed E-state index contributed by atoms with van der Waals surface area (Å²) in [6.07, 6.45) is 13.3. The molecule has 0 heterocycles. The Morgan fingerprint density at radius 1 is 1.40 bits per heavy atom. The molecule has 15 heavy (non-hydrogen) atoms. The minimum absolute atomic E-state index is 0.707. The van der Waals surface area contributed by atoms with Gasteiger partial charge in [-0.05, 0) is 56.9 Å². The highest BCUT2D eigenvalue weighted by atomic mass is 14.9. The second-order valence-electron chi connectivity index (χ2n) is 5.39. The fourth-order valence-corrected chi connectivity index (χ4v) is 3.58. The lowest BCUT2D eigenvalue weighted by Gasteiger charge is -2.28. The minimum atomic E-state index is 0.707. The van der Waals surface area contributed by atoms with Crippen LogP contribution in [-0.2, 0) is 0 Å². The molecule has 0 amide bonds. The molecule has 4 atom stereocenters. The van der Waals surface area contributed by atoms with Crippen molar-refractivity contribution in [1.82, 2.24) is 5.32 Å². The van der Waals surface area contributed by atoms with Gasteiger partial charge in [-0.1, -0.05) is 6.42 Å². The first-order valence-electron chi connectivity index (χ1n) is 6.48. The smallest absolute Gasteiger partial charge is 0.00981 e. The second kappa shape index (κ2) is 5.03. The van der Waals surface area contributed by atoms with Gasteiger partial charge in [0.25, 0.3) is 0 Å². The molecule has 0 radical (unpaired) electrons. The number of fused-ring (bicyclic) bond motifs is 2. The van der Waals surface area contributed by atoms with Crippen LogP contribution in [0.5, 0.6) is 0 Å². The fraction of sp³-hybridized carbons (Fsp3) is 0.857. The van der Waals surface area contributed by atoms with Crippen molar-refractivity contribution >= 4 is 0 Å². The molecule has 4 unspecified atom stereocenters. The van der Waals surface area contributed by atoms with Crippen LogP contribution in [0.15, 0.2) is 0 Å². The SMILES string of the molecule is C#CCCCNC(C)C1CC2CCC1C2. The first-order chi connectivity index (χ1) is 7.31. The first kappa shape index (κ1) is 11.0. The van der Waals surface area contributed by atoms with Gasteiger partial charge < -0.3 is 5.32 Å². The van der Waals surface area contributed by atoms with Crippen LogP contribution in [0.3, 0.4) is 0 Å². The number of hydrogen-bond acceptors (Lipinski definition) is 1. The van der Waals surface area contributed by atoms with E-state index in [1.54, 1.807) is 0 Å². The third-order valence-corrected chi connectivity index (χ3v) is 4.40. The maximum Gasteiger partial charge on any atom is 0.00981 e. The maximum atomic E-state index is 5.24. The van der Waals surface area contributed by atoms with Crippen molar-refractivity contribution in [2.75, 3.05) is 6.54 Å². The van der Waals surface area contributed by atoms with Crippen molar-refractivity contribution in [2.24, 2.45) is 17.8 Å². The van der Waals surface area contributed by atoms with Gasteiger partial charge in [0.2, 0.25) is 0 Å². The van der Waals surface area contributed by atoms with E-state index >= 15 is 0 Å². The summed E-state index contributed by atoms with van der Waals surface area (Å²) in [4.78, 5) is 0. The second-order valence-corrected chi connectivity index (χ2v) is 5.39. The van der Waals surface area contributed by atoms with Crippen molar-refractivity contribution in [3.8, 4) is 12.3 Å². The van der Waals surface area contributed by atoms with Crippen molar-refractivity contribution in [1.29, 1.82) is 0 Å². The highest BCUT2D eigenvalue weighted by molar-refractivity contribution is 4.94. The predicted octanol–water partition coefficient (Wildman–Crippen LogP) is 2.81. The van der Waals surface area contributed by atoms with Gasteiger partial charge in [0.15, 0.2) is 0 Å². The summed E-state index contributed by atoms with van der Waals surface area (Å²) < 4.78 is 0. The van der Waals surface area contributed by atoms with Gasteiger partial charge in [0.05, 0.1) is 0 Å². The van der Waals surface area contributed by atoms with Gasteiger partial charge in [-0.15, -0.1) is 12.3 Å². The molecule has 2 fully saturated rings. The van der Waals surface area contributed by atoms with Crippen molar-refractivity contribution in [3.05, 3.63) is 0 Å². The van der Waals surface area contributed by atoms with Crippen molar-refractivity contribution in [3.63, 3.8) is 0 Å². The average Bonchev–Trinajstić information content (AvgIpc) is 2.85. The number of unbranched alkanes of at least 4 members (excludes halogenated alkanes) is 1. The molecule has 0 aromatic rings. The molecule has 2 rings (SSSR count). The monoisotopic (exact) mass is 205 g/mol. The van der Waals surface area contributed by atoms with Crippen LogP contribution in [0.4, 0.5) is 0 Å². The van der Waals surface area contributed by atoms with Crippen LogP contribution in [0.25, 0.3) is 0 Å². The quantitative estimate of drug-likeness (QED) is 0.537. The molecule has 2 bridgehead atoms. The predicted molar refractivity (Wildman–Crippen MR) is 64.5 cm³/mol. The fourth-order valence-electron chi connectivity index (χ4n) is 3.58. The third-order valence-electron chi connectivity index (χ3n) is 4.40. The molecule has 0 aliphatic heterocycles. The van der Waals surface area contributed by atoms with Crippen LogP contribution in [0.2, 0.25) is 0 Å². The van der Waals surface area contributed by atoms with Crippen LogP contribution >= 0.6 is 0 Å². The largest absolute Gasteiger partial charge is 0.314 e. The Labute approximate surface area is 94.0 Å². The summed E-state index contributed by atoms with van der Waals surface area (Å²) in [7, 11) is 0. The number of rotatable bonds is 5. The lowest BCUT2D eigenvalue weighted by Crippen LogP contribution is -2.36. The molecule has 1 N–H and O–H groups in total. The summed E-state index contributed by atoms with van der Waals surface area (Å²) in [6.45, 7) is 3.46. The van der Waals surface area contributed by atoms with Crippen LogP contribution < -0.4 is 5.32 Å². The molecule has 1 heteroatoms. The average molecular weight is 205 g/mol. The van der Waals surface area contributed by atoms with Gasteiger partial charge >= 0.3 is 0 Å². The van der Waals surface area contributed by atoms with Gasteiger partial charge in [-0.3, -0.25) is 0 Å². The Hall–Kier alpha value is -0.480. The summed E-state index contributed by atoms with van der Waals surface area (Å²) in [6, 6.07) is 0.707. The Morgan fingerprint density at radius 2 is 2.27 bits per heavy atom. The Morgan fingerprint density at radius 3 is 2.87 bits per heavy atom. The van der Waals surface area contributed by atoms with E-state index in [1.807, 2.05) is 0 Å². The molecule has 2 aliphatic rings. The van der Waals surface area contributed by atoms with E-state index < -0.39 is 0 Å². The lowest BCUT2D eigenvalue weighted by atomic mass is 9.84. The van der Waals surface area contributed by atoms with Gasteiger partial charge in [-0.2, -0.15) is 0 Å². The molecule has 1 nitrogen and oxygen atoms in total. The van der Waals surface area contributed by atoms with E-state index in [0.29, 0.717) is 6.04 Å². The lowest BCUT2D eigenvalue weighted by molar-refractivity contribution is 0.260. The summed E-state index contributed by atoms with van der Waals surface area (Å²) in [5.41, 5.74) is 0. The summed E-state index contributed by atoms with van der Waals surface area (Å²) >= 11 is 0. The Bertz CT molecular complexity index is 240. The molecule has 0 saturated heterocycles. The number of hydrogen-bond donors (Lipinski definition) is 1. The molecule has 0 aromatic heterocycles. The van der Waals surface area contributed by atoms with Crippen LogP contribution in [0, 0.1) is 30.1 Å². The molecule has 0 aromatic carbocycles. The van der Waals surface area contributed by atoms with Crippen molar-refractivity contribution in [2.45, 2.75) is 51.5 Å². The topological polar surface area (TPSA) is 12.0 Å². The Balaban J connectivity index is 1.68. The normalized spacial score (nSPS) is 35.3. The number of nitrogens with one attached hydrogen (secondary N) is 1. The summed E-state index contributed by atoms with van der Waals surface area (Å²) in [5, 5.41) is 3.65. The first-order valence-corrected chi connectivity index (χ1v) is 6.48. The molecule has 84 valence electrons. The highest BCUT2D eigenvalue weighted by Crippen LogP contribution is 2.49. The Kier molecular flexibility index (Phi) is 3.70. The van der Waals surface area contributed by atoms with Crippen molar-refractivity contribution < 1.29 is 0 Å². The van der Waals surface area contributed by atoms with E-state index in [9.17, 15) is 0 Å². The zero-order valence-corrected chi connectivity index (χ0v) is 9.84. The maximum absolute atomic E-state index is 5.24. The molecule has 2 saturated carbocycles. The zero-order valence-electron chi connectivity index (χ0n) is 9.84. The molecular weight excluding hydrogens is 182 g/mol. The van der Waals surface area contributed by atoms with E-state index in [4.69, 9.17) is 6.42 Å². The molecule has 0 spiro atoms. The highest BCUT2D eigenvalue weighted by Gasteiger charge is 2.41. The van der Waals surface area contributed by atoms with Gasteiger partial charge in [0, 0.05) is 12.5 Å². The van der Waals surface area contributed by atoms with Gasteiger partial charge in [-0.25, -0.2) is 0 Å². The molecular formula is C14H23N. The minimum Gasteiger partial charge on any atom is -0.314 e. The third kappa shape index (κ3) is 2.55. The van der Waals surface area contributed by atoms with E-state index in [-0.39, 0.29) is 0 Å². The number of terminal acetylenes is 1.